The second-order valence-corrected chi connectivity index (χ2v) is 5.96. The number of fused-ring (bicyclic) bond motifs is 1. The fourth-order valence-electron chi connectivity index (χ4n) is 3.35. The maximum Gasteiger partial charge on any atom is 0.128 e. The zero-order valence-electron chi connectivity index (χ0n) is 12.3. The van der Waals surface area contributed by atoms with Crippen molar-refractivity contribution in [3.63, 3.8) is 0 Å². The lowest BCUT2D eigenvalue weighted by atomic mass is 10.00. The van der Waals surface area contributed by atoms with Crippen molar-refractivity contribution in [3.05, 3.63) is 42.0 Å². The highest BCUT2D eigenvalue weighted by Gasteiger charge is 2.27. The Labute approximate surface area is 121 Å². The summed E-state index contributed by atoms with van der Waals surface area (Å²) in [6.07, 6.45) is 2.54. The maximum atomic E-state index is 10.6. The number of nitrogens with zero attached hydrogens (tertiary/aromatic N) is 1. The number of hydrogen-bond acceptors (Lipinski definition) is 2. The van der Waals surface area contributed by atoms with Gasteiger partial charge in [-0.1, -0.05) is 49.7 Å². The average molecular weight is 269 g/mol. The van der Waals surface area contributed by atoms with Crippen LogP contribution in [0, 0.1) is 5.92 Å². The molecule has 2 aromatic carbocycles. The number of likely N-dealkylation sites (tertiary alicyclic amines) is 1. The van der Waals surface area contributed by atoms with Crippen LogP contribution in [0.25, 0.3) is 10.8 Å². The summed E-state index contributed by atoms with van der Waals surface area (Å²) in [4.78, 5) is 2.50. The molecule has 1 aliphatic rings. The molecule has 1 fully saturated rings. The Morgan fingerprint density at radius 3 is 2.80 bits per heavy atom. The Morgan fingerprint density at radius 1 is 1.25 bits per heavy atom. The van der Waals surface area contributed by atoms with Gasteiger partial charge in [-0.15, -0.1) is 0 Å². The number of rotatable bonds is 3. The van der Waals surface area contributed by atoms with E-state index in [4.69, 9.17) is 0 Å². The molecular weight excluding hydrogens is 246 g/mol. The molecule has 3 rings (SSSR count). The molecule has 2 atom stereocenters. The molecule has 0 saturated carbocycles. The highest BCUT2D eigenvalue weighted by molar-refractivity contribution is 5.89. The predicted molar refractivity (Wildman–Crippen MR) is 84.0 cm³/mol. The van der Waals surface area contributed by atoms with Gasteiger partial charge in [0.2, 0.25) is 0 Å². The van der Waals surface area contributed by atoms with Gasteiger partial charge in [0.15, 0.2) is 0 Å². The number of hydrogen-bond donors (Lipinski definition) is 1. The fourth-order valence-corrected chi connectivity index (χ4v) is 3.35. The summed E-state index contributed by atoms with van der Waals surface area (Å²) in [5, 5.41) is 12.6. The molecule has 2 nitrogen and oxygen atoms in total. The minimum absolute atomic E-state index is 0.288. The molecule has 0 aliphatic carbocycles. The molecule has 20 heavy (non-hydrogen) atoms. The van der Waals surface area contributed by atoms with Crippen molar-refractivity contribution in [2.75, 3.05) is 13.1 Å². The van der Waals surface area contributed by atoms with Gasteiger partial charge in [0.25, 0.3) is 0 Å². The molecule has 2 aromatic rings. The summed E-state index contributed by atoms with van der Waals surface area (Å²) in [5.41, 5.74) is 1.06. The first-order chi connectivity index (χ1) is 9.70. The van der Waals surface area contributed by atoms with Crippen molar-refractivity contribution >= 4 is 10.8 Å². The van der Waals surface area contributed by atoms with E-state index in [-0.39, 0.29) is 6.04 Å². The summed E-state index contributed by atoms with van der Waals surface area (Å²) < 4.78 is 0. The molecule has 1 N–H and O–H groups in total. The first kappa shape index (κ1) is 13.4. The topological polar surface area (TPSA) is 23.5 Å². The Morgan fingerprint density at radius 2 is 2.05 bits per heavy atom. The molecule has 0 bridgehead atoms. The van der Waals surface area contributed by atoms with Gasteiger partial charge in [-0.3, -0.25) is 4.90 Å². The first-order valence-corrected chi connectivity index (χ1v) is 7.65. The van der Waals surface area contributed by atoms with Gasteiger partial charge in [-0.2, -0.15) is 0 Å². The fraction of sp³-hybridized carbons (Fsp3) is 0.444. The number of phenolic OH excluding ortho intramolecular Hbond substituents is 1. The van der Waals surface area contributed by atoms with Crippen molar-refractivity contribution in [3.8, 4) is 5.75 Å². The highest BCUT2D eigenvalue weighted by atomic mass is 16.3. The standard InChI is InChI=1S/C18H23NO/c1-3-14-10-11-19(12-14)13(2)16-9-8-15-6-4-5-7-17(15)18(16)20/h4-9,13-14,20H,3,10-12H2,1-2H3. The van der Waals surface area contributed by atoms with Crippen LogP contribution < -0.4 is 0 Å². The Balaban J connectivity index is 1.92. The van der Waals surface area contributed by atoms with Crippen LogP contribution in [-0.4, -0.2) is 23.1 Å². The van der Waals surface area contributed by atoms with Gasteiger partial charge in [0.1, 0.15) is 5.75 Å². The molecule has 1 aliphatic heterocycles. The molecule has 0 spiro atoms. The van der Waals surface area contributed by atoms with Crippen molar-refractivity contribution < 1.29 is 5.11 Å². The second-order valence-electron chi connectivity index (χ2n) is 5.96. The lowest BCUT2D eigenvalue weighted by molar-refractivity contribution is 0.247. The maximum absolute atomic E-state index is 10.6. The minimum atomic E-state index is 0.288. The Kier molecular flexibility index (Phi) is 3.66. The van der Waals surface area contributed by atoms with Gasteiger partial charge in [0, 0.05) is 23.5 Å². The average Bonchev–Trinajstić information content (AvgIpc) is 2.96. The summed E-state index contributed by atoms with van der Waals surface area (Å²) >= 11 is 0. The molecular formula is C18H23NO. The van der Waals surface area contributed by atoms with E-state index in [1.807, 2.05) is 24.3 Å². The molecule has 0 amide bonds. The highest BCUT2D eigenvalue weighted by Crippen LogP contribution is 2.37. The van der Waals surface area contributed by atoms with E-state index in [1.54, 1.807) is 0 Å². The summed E-state index contributed by atoms with van der Waals surface area (Å²) in [5.74, 6) is 1.27. The lowest BCUT2D eigenvalue weighted by Gasteiger charge is -2.25. The molecule has 1 heterocycles. The number of aromatic hydroxyl groups is 1. The zero-order valence-corrected chi connectivity index (χ0v) is 12.3. The third-order valence-electron chi connectivity index (χ3n) is 4.82. The minimum Gasteiger partial charge on any atom is -0.507 e. The van der Waals surface area contributed by atoms with E-state index in [0.29, 0.717) is 5.75 Å². The molecule has 2 heteroatoms. The molecule has 106 valence electrons. The van der Waals surface area contributed by atoms with Gasteiger partial charge in [-0.05, 0) is 31.2 Å². The molecule has 0 radical (unpaired) electrons. The van der Waals surface area contributed by atoms with Crippen LogP contribution in [-0.2, 0) is 0 Å². The van der Waals surface area contributed by atoms with Crippen LogP contribution in [0.3, 0.4) is 0 Å². The van der Waals surface area contributed by atoms with Crippen molar-refractivity contribution in [1.82, 2.24) is 4.90 Å². The van der Waals surface area contributed by atoms with Gasteiger partial charge in [0.05, 0.1) is 0 Å². The van der Waals surface area contributed by atoms with Crippen LogP contribution in [0.2, 0.25) is 0 Å². The van der Waals surface area contributed by atoms with E-state index in [2.05, 4.69) is 30.9 Å². The Hall–Kier alpha value is -1.54. The largest absolute Gasteiger partial charge is 0.507 e. The third kappa shape index (κ3) is 2.29. The van der Waals surface area contributed by atoms with E-state index >= 15 is 0 Å². The van der Waals surface area contributed by atoms with Crippen LogP contribution in [0.4, 0.5) is 0 Å². The summed E-state index contributed by atoms with van der Waals surface area (Å²) in [6, 6.07) is 12.5. The predicted octanol–water partition coefficient (Wildman–Crippen LogP) is 4.34. The number of phenols is 1. The van der Waals surface area contributed by atoms with Crippen molar-refractivity contribution in [1.29, 1.82) is 0 Å². The smallest absolute Gasteiger partial charge is 0.128 e. The van der Waals surface area contributed by atoms with Crippen molar-refractivity contribution in [2.45, 2.75) is 32.7 Å². The van der Waals surface area contributed by atoms with Crippen LogP contribution in [0.15, 0.2) is 36.4 Å². The first-order valence-electron chi connectivity index (χ1n) is 7.65. The summed E-state index contributed by atoms with van der Waals surface area (Å²) in [7, 11) is 0. The van der Waals surface area contributed by atoms with E-state index in [1.165, 1.54) is 12.8 Å². The van der Waals surface area contributed by atoms with Crippen molar-refractivity contribution in [2.24, 2.45) is 5.92 Å². The molecule has 2 unspecified atom stereocenters. The number of benzene rings is 2. The van der Waals surface area contributed by atoms with Crippen LogP contribution in [0.5, 0.6) is 5.75 Å². The van der Waals surface area contributed by atoms with Gasteiger partial charge < -0.3 is 5.11 Å². The van der Waals surface area contributed by atoms with Gasteiger partial charge in [-0.25, -0.2) is 0 Å². The Bertz CT molecular complexity index is 607. The zero-order chi connectivity index (χ0) is 14.1. The third-order valence-corrected chi connectivity index (χ3v) is 4.82. The second kappa shape index (κ2) is 5.45. The van der Waals surface area contributed by atoms with E-state index in [9.17, 15) is 5.11 Å². The summed E-state index contributed by atoms with van der Waals surface area (Å²) in [6.45, 7) is 6.78. The normalized spacial score (nSPS) is 21.4. The molecule has 1 saturated heterocycles. The van der Waals surface area contributed by atoms with Crippen LogP contribution in [0.1, 0.15) is 38.3 Å². The SMILES string of the molecule is CCC1CCN(C(C)c2ccc3ccccc3c2O)C1. The quantitative estimate of drug-likeness (QED) is 0.896. The van der Waals surface area contributed by atoms with E-state index in [0.717, 1.165) is 35.3 Å². The lowest BCUT2D eigenvalue weighted by Crippen LogP contribution is -2.24. The van der Waals surface area contributed by atoms with E-state index < -0.39 is 0 Å². The van der Waals surface area contributed by atoms with Crippen LogP contribution >= 0.6 is 0 Å². The monoisotopic (exact) mass is 269 g/mol. The molecule has 0 aromatic heterocycles. The van der Waals surface area contributed by atoms with Gasteiger partial charge >= 0.3 is 0 Å².